The molecule has 0 saturated heterocycles. The van der Waals surface area contributed by atoms with E-state index in [1.165, 1.54) is 6.92 Å². The number of aliphatic carboxylic acids is 1. The van der Waals surface area contributed by atoms with E-state index in [0.29, 0.717) is 6.42 Å². The molecule has 0 spiro atoms. The van der Waals surface area contributed by atoms with Gasteiger partial charge in [-0.05, 0) is 20.3 Å². The van der Waals surface area contributed by atoms with Gasteiger partial charge in [0.25, 0.3) is 0 Å². The fourth-order valence-corrected chi connectivity index (χ4v) is 0.734. The molecule has 13 heavy (non-hydrogen) atoms. The molecule has 0 aromatic rings. The van der Waals surface area contributed by atoms with Crippen LogP contribution in [0.25, 0.3) is 0 Å². The largest absolute Gasteiger partial charge is 0.480 e. The van der Waals surface area contributed by atoms with E-state index < -0.39 is 12.0 Å². The first kappa shape index (κ1) is 11.9. The van der Waals surface area contributed by atoms with E-state index in [1.54, 1.807) is 6.92 Å². The Morgan fingerprint density at radius 1 is 1.46 bits per heavy atom. The van der Waals surface area contributed by atoms with Crippen LogP contribution in [-0.4, -0.2) is 29.1 Å². The van der Waals surface area contributed by atoms with E-state index >= 15 is 0 Å². The van der Waals surface area contributed by atoms with Crippen molar-refractivity contribution in [3.05, 3.63) is 0 Å². The molecule has 4 N–H and O–H groups in total. The highest BCUT2D eigenvalue weighted by Gasteiger charge is 2.13. The standard InChI is InChI=1S/C8H16N2O3/c1-5(9)3-4-7(11)10-6(2)8(12)13/h5-6H,3-4,9H2,1-2H3,(H,10,11)(H,12,13)/t5?,6-/m0/s1. The third-order valence-corrected chi connectivity index (χ3v) is 1.57. The maximum absolute atomic E-state index is 11.0. The average Bonchev–Trinajstić information content (AvgIpc) is 2.00. The molecule has 0 aliphatic carbocycles. The number of amides is 1. The van der Waals surface area contributed by atoms with Crippen LogP contribution in [0.4, 0.5) is 0 Å². The maximum atomic E-state index is 11.0. The second-order valence-electron chi connectivity index (χ2n) is 3.14. The Bertz CT molecular complexity index is 192. The van der Waals surface area contributed by atoms with Gasteiger partial charge in [0.05, 0.1) is 0 Å². The summed E-state index contributed by atoms with van der Waals surface area (Å²) in [5, 5.41) is 10.8. The molecule has 0 aliphatic heterocycles. The molecule has 0 saturated carbocycles. The van der Waals surface area contributed by atoms with E-state index in [1.807, 2.05) is 0 Å². The number of carbonyl (C=O) groups is 2. The minimum atomic E-state index is -1.03. The lowest BCUT2D eigenvalue weighted by Crippen LogP contribution is -2.38. The van der Waals surface area contributed by atoms with Crippen molar-refractivity contribution < 1.29 is 14.7 Å². The van der Waals surface area contributed by atoms with Crippen LogP contribution >= 0.6 is 0 Å². The summed E-state index contributed by atoms with van der Waals surface area (Å²) in [7, 11) is 0. The van der Waals surface area contributed by atoms with Gasteiger partial charge in [-0.1, -0.05) is 0 Å². The Morgan fingerprint density at radius 3 is 2.38 bits per heavy atom. The molecule has 1 amide bonds. The van der Waals surface area contributed by atoms with Gasteiger partial charge in [0.1, 0.15) is 6.04 Å². The molecule has 0 heterocycles. The Morgan fingerprint density at radius 2 is 2.00 bits per heavy atom. The molecule has 0 aromatic carbocycles. The van der Waals surface area contributed by atoms with Crippen molar-refractivity contribution in [2.75, 3.05) is 0 Å². The fraction of sp³-hybridized carbons (Fsp3) is 0.750. The zero-order valence-electron chi connectivity index (χ0n) is 7.91. The van der Waals surface area contributed by atoms with E-state index in [-0.39, 0.29) is 18.4 Å². The van der Waals surface area contributed by atoms with E-state index in [9.17, 15) is 9.59 Å². The van der Waals surface area contributed by atoms with Crippen molar-refractivity contribution in [3.8, 4) is 0 Å². The SMILES string of the molecule is CC(N)CCC(=O)N[C@@H](C)C(=O)O. The summed E-state index contributed by atoms with van der Waals surface area (Å²) < 4.78 is 0. The van der Waals surface area contributed by atoms with Crippen LogP contribution in [0.2, 0.25) is 0 Å². The van der Waals surface area contributed by atoms with Gasteiger partial charge in [0.2, 0.25) is 5.91 Å². The van der Waals surface area contributed by atoms with Crippen LogP contribution in [-0.2, 0) is 9.59 Å². The first-order chi connectivity index (χ1) is 5.93. The number of carboxylic acids is 1. The van der Waals surface area contributed by atoms with Crippen molar-refractivity contribution in [1.82, 2.24) is 5.32 Å². The lowest BCUT2D eigenvalue weighted by Gasteiger charge is -2.09. The molecule has 0 bridgehead atoms. The van der Waals surface area contributed by atoms with Crippen molar-refractivity contribution in [2.45, 2.75) is 38.8 Å². The maximum Gasteiger partial charge on any atom is 0.325 e. The molecule has 0 fully saturated rings. The highest BCUT2D eigenvalue weighted by atomic mass is 16.4. The molecular formula is C8H16N2O3. The second-order valence-corrected chi connectivity index (χ2v) is 3.14. The van der Waals surface area contributed by atoms with Gasteiger partial charge in [0, 0.05) is 12.5 Å². The number of hydrogen-bond acceptors (Lipinski definition) is 3. The van der Waals surface area contributed by atoms with Gasteiger partial charge in [-0.3, -0.25) is 9.59 Å². The van der Waals surface area contributed by atoms with E-state index in [0.717, 1.165) is 0 Å². The third-order valence-electron chi connectivity index (χ3n) is 1.57. The van der Waals surface area contributed by atoms with Gasteiger partial charge in [0.15, 0.2) is 0 Å². The Hall–Kier alpha value is -1.10. The molecular weight excluding hydrogens is 172 g/mol. The summed E-state index contributed by atoms with van der Waals surface area (Å²) in [6.07, 6.45) is 0.841. The molecule has 1 unspecified atom stereocenters. The summed E-state index contributed by atoms with van der Waals surface area (Å²) in [4.78, 5) is 21.4. The van der Waals surface area contributed by atoms with Crippen molar-refractivity contribution in [3.63, 3.8) is 0 Å². The Balaban J connectivity index is 3.68. The van der Waals surface area contributed by atoms with Crippen LogP contribution in [0.15, 0.2) is 0 Å². The summed E-state index contributed by atoms with van der Waals surface area (Å²) in [5.41, 5.74) is 5.43. The number of nitrogens with two attached hydrogens (primary N) is 1. The topological polar surface area (TPSA) is 92.4 Å². The number of rotatable bonds is 5. The molecule has 0 radical (unpaired) electrons. The van der Waals surface area contributed by atoms with Crippen LogP contribution in [0.1, 0.15) is 26.7 Å². The molecule has 0 rings (SSSR count). The van der Waals surface area contributed by atoms with Crippen molar-refractivity contribution >= 4 is 11.9 Å². The fourth-order valence-electron chi connectivity index (χ4n) is 0.734. The number of carboxylic acid groups (broad SMARTS) is 1. The summed E-state index contributed by atoms with van der Waals surface area (Å²) in [6.45, 7) is 3.22. The molecule has 76 valence electrons. The van der Waals surface area contributed by atoms with Gasteiger partial charge in [-0.2, -0.15) is 0 Å². The molecule has 0 aromatic heterocycles. The Kier molecular flexibility index (Phi) is 5.06. The van der Waals surface area contributed by atoms with Crippen LogP contribution in [0.3, 0.4) is 0 Å². The molecule has 5 heteroatoms. The van der Waals surface area contributed by atoms with Crippen LogP contribution in [0, 0.1) is 0 Å². The summed E-state index contributed by atoms with van der Waals surface area (Å²) >= 11 is 0. The van der Waals surface area contributed by atoms with E-state index in [4.69, 9.17) is 10.8 Å². The number of hydrogen-bond donors (Lipinski definition) is 3. The van der Waals surface area contributed by atoms with Crippen molar-refractivity contribution in [2.24, 2.45) is 5.73 Å². The minimum absolute atomic E-state index is 0.0362. The molecule has 0 aliphatic rings. The lowest BCUT2D eigenvalue weighted by atomic mass is 10.2. The first-order valence-electron chi connectivity index (χ1n) is 4.21. The molecule has 2 atom stereocenters. The highest BCUT2D eigenvalue weighted by molar-refractivity contribution is 5.83. The minimum Gasteiger partial charge on any atom is -0.480 e. The highest BCUT2D eigenvalue weighted by Crippen LogP contribution is 1.94. The normalized spacial score (nSPS) is 14.7. The van der Waals surface area contributed by atoms with Gasteiger partial charge < -0.3 is 16.2 Å². The van der Waals surface area contributed by atoms with Crippen LogP contribution < -0.4 is 11.1 Å². The molecule has 5 nitrogen and oxygen atoms in total. The lowest BCUT2D eigenvalue weighted by molar-refractivity contribution is -0.141. The second kappa shape index (κ2) is 5.53. The summed E-state index contributed by atoms with van der Waals surface area (Å²) in [6, 6.07) is -0.869. The van der Waals surface area contributed by atoms with Gasteiger partial charge in [-0.25, -0.2) is 0 Å². The monoisotopic (exact) mass is 188 g/mol. The number of nitrogens with one attached hydrogen (secondary N) is 1. The number of carbonyl (C=O) groups excluding carboxylic acids is 1. The third kappa shape index (κ3) is 6.10. The van der Waals surface area contributed by atoms with Gasteiger partial charge in [-0.15, -0.1) is 0 Å². The zero-order valence-corrected chi connectivity index (χ0v) is 7.91. The first-order valence-corrected chi connectivity index (χ1v) is 4.21. The Labute approximate surface area is 77.3 Å². The predicted molar refractivity (Wildman–Crippen MR) is 48.1 cm³/mol. The zero-order chi connectivity index (χ0) is 10.4. The predicted octanol–water partition coefficient (Wildman–Crippen LogP) is -0.297. The summed E-state index contributed by atoms with van der Waals surface area (Å²) in [5.74, 6) is -1.30. The average molecular weight is 188 g/mol. The van der Waals surface area contributed by atoms with E-state index in [2.05, 4.69) is 5.32 Å². The van der Waals surface area contributed by atoms with Crippen molar-refractivity contribution in [1.29, 1.82) is 0 Å². The smallest absolute Gasteiger partial charge is 0.325 e. The van der Waals surface area contributed by atoms with Gasteiger partial charge >= 0.3 is 5.97 Å². The quantitative estimate of drug-likeness (QED) is 0.552. The van der Waals surface area contributed by atoms with Crippen LogP contribution in [0.5, 0.6) is 0 Å².